The Morgan fingerprint density at radius 3 is 3.00 bits per heavy atom. The van der Waals surface area contributed by atoms with Crippen LogP contribution in [-0.4, -0.2) is 28.2 Å². The van der Waals surface area contributed by atoms with Crippen LogP contribution in [0.5, 0.6) is 0 Å². The van der Waals surface area contributed by atoms with Crippen LogP contribution < -0.4 is 0 Å². The molecule has 4 aliphatic rings. The van der Waals surface area contributed by atoms with Crippen molar-refractivity contribution in [2.24, 2.45) is 23.7 Å². The molecule has 1 saturated carbocycles. The van der Waals surface area contributed by atoms with Crippen LogP contribution in [0, 0.1) is 23.7 Å². The minimum absolute atomic E-state index is 0.0555. The van der Waals surface area contributed by atoms with Gasteiger partial charge in [0.05, 0.1) is 5.92 Å². The number of amides is 1. The van der Waals surface area contributed by atoms with Gasteiger partial charge < -0.3 is 10.0 Å². The molecular formula is C13H15NO2. The van der Waals surface area contributed by atoms with E-state index >= 15 is 0 Å². The lowest BCUT2D eigenvalue weighted by atomic mass is 9.78. The zero-order chi connectivity index (χ0) is 10.9. The number of nitrogens with zero attached hydrogens (tertiary/aromatic N) is 1. The molecular weight excluding hydrogens is 202 g/mol. The highest BCUT2D eigenvalue weighted by atomic mass is 16.3. The van der Waals surface area contributed by atoms with E-state index in [-0.39, 0.29) is 17.7 Å². The van der Waals surface area contributed by atoms with Gasteiger partial charge in [0, 0.05) is 18.9 Å². The number of aliphatic hydroxyl groups is 1. The van der Waals surface area contributed by atoms with Crippen LogP contribution in [0.2, 0.25) is 0 Å². The molecule has 0 unspecified atom stereocenters. The molecule has 0 aromatic heterocycles. The van der Waals surface area contributed by atoms with Crippen LogP contribution in [-0.2, 0) is 4.79 Å². The smallest absolute Gasteiger partial charge is 0.229 e. The summed E-state index contributed by atoms with van der Waals surface area (Å²) in [5.41, 5.74) is -0.888. The summed E-state index contributed by atoms with van der Waals surface area (Å²) in [6.45, 7) is 0.585. The van der Waals surface area contributed by atoms with E-state index in [0.29, 0.717) is 24.8 Å². The van der Waals surface area contributed by atoms with Gasteiger partial charge in [-0.1, -0.05) is 24.3 Å². The third-order valence-electron chi connectivity index (χ3n) is 4.88. The Bertz CT molecular complexity index is 428. The summed E-state index contributed by atoms with van der Waals surface area (Å²) in [4.78, 5) is 14.0. The van der Waals surface area contributed by atoms with Crippen LogP contribution in [0.3, 0.4) is 0 Å². The maximum absolute atomic E-state index is 12.3. The number of rotatable bonds is 0. The van der Waals surface area contributed by atoms with E-state index < -0.39 is 5.72 Å². The van der Waals surface area contributed by atoms with E-state index in [1.54, 1.807) is 4.90 Å². The molecule has 2 fully saturated rings. The van der Waals surface area contributed by atoms with Crippen molar-refractivity contribution in [1.29, 1.82) is 0 Å². The molecule has 2 aliphatic heterocycles. The Hall–Kier alpha value is -1.09. The Kier molecular flexibility index (Phi) is 1.46. The number of allylic oxidation sites excluding steroid dienone is 2. The van der Waals surface area contributed by atoms with E-state index in [2.05, 4.69) is 12.2 Å². The van der Waals surface area contributed by atoms with Gasteiger partial charge in [0.15, 0.2) is 0 Å². The summed E-state index contributed by atoms with van der Waals surface area (Å²) in [6, 6.07) is 0. The number of carbonyl (C=O) groups is 1. The average molecular weight is 217 g/mol. The molecule has 1 amide bonds. The third-order valence-corrected chi connectivity index (χ3v) is 4.88. The molecule has 5 atom stereocenters. The molecule has 3 heteroatoms. The molecule has 0 aromatic carbocycles. The Morgan fingerprint density at radius 2 is 2.12 bits per heavy atom. The first-order valence-electron chi connectivity index (χ1n) is 6.09. The van der Waals surface area contributed by atoms with Gasteiger partial charge in [-0.05, 0) is 18.3 Å². The minimum atomic E-state index is -0.888. The predicted octanol–water partition coefficient (Wildman–Crippen LogP) is 0.915. The van der Waals surface area contributed by atoms with Gasteiger partial charge in [0.1, 0.15) is 5.72 Å². The van der Waals surface area contributed by atoms with Crippen molar-refractivity contribution >= 4 is 5.91 Å². The maximum Gasteiger partial charge on any atom is 0.229 e. The van der Waals surface area contributed by atoms with Crippen LogP contribution in [0.25, 0.3) is 0 Å². The zero-order valence-electron chi connectivity index (χ0n) is 9.04. The summed E-state index contributed by atoms with van der Waals surface area (Å²) in [5, 5.41) is 10.8. The van der Waals surface area contributed by atoms with Gasteiger partial charge in [-0.25, -0.2) is 0 Å². The summed E-state index contributed by atoms with van der Waals surface area (Å²) >= 11 is 0. The lowest BCUT2D eigenvalue weighted by molar-refractivity contribution is -0.151. The van der Waals surface area contributed by atoms with Crippen molar-refractivity contribution in [3.63, 3.8) is 0 Å². The predicted molar refractivity (Wildman–Crippen MR) is 58.1 cm³/mol. The van der Waals surface area contributed by atoms with Gasteiger partial charge in [-0.2, -0.15) is 0 Å². The highest BCUT2D eigenvalue weighted by molar-refractivity contribution is 5.84. The fraction of sp³-hybridized carbons (Fsp3) is 0.615. The number of hydrogen-bond donors (Lipinski definition) is 1. The molecule has 84 valence electrons. The highest BCUT2D eigenvalue weighted by Gasteiger charge is 2.65. The van der Waals surface area contributed by atoms with Crippen molar-refractivity contribution in [1.82, 2.24) is 4.90 Å². The second-order valence-corrected chi connectivity index (χ2v) is 5.50. The molecule has 0 aromatic rings. The van der Waals surface area contributed by atoms with Crippen LogP contribution in [0.4, 0.5) is 0 Å². The minimum Gasteiger partial charge on any atom is -0.370 e. The Morgan fingerprint density at radius 1 is 1.31 bits per heavy atom. The summed E-state index contributed by atoms with van der Waals surface area (Å²) < 4.78 is 0. The molecule has 1 saturated heterocycles. The molecule has 2 heterocycles. The van der Waals surface area contributed by atoms with Gasteiger partial charge in [0.25, 0.3) is 0 Å². The summed E-state index contributed by atoms with van der Waals surface area (Å²) in [7, 11) is 0. The number of fused-ring (bicyclic) bond motifs is 7. The first kappa shape index (κ1) is 8.99. The topological polar surface area (TPSA) is 40.5 Å². The summed E-state index contributed by atoms with van der Waals surface area (Å²) in [6.07, 6.45) is 10.1. The first-order valence-corrected chi connectivity index (χ1v) is 6.09. The number of hydrogen-bond acceptors (Lipinski definition) is 2. The van der Waals surface area contributed by atoms with E-state index in [0.717, 1.165) is 6.42 Å². The molecule has 16 heavy (non-hydrogen) atoms. The third kappa shape index (κ3) is 0.798. The molecule has 4 rings (SSSR count). The van der Waals surface area contributed by atoms with E-state index in [9.17, 15) is 9.90 Å². The zero-order valence-corrected chi connectivity index (χ0v) is 9.04. The Labute approximate surface area is 94.4 Å². The normalized spacial score (nSPS) is 52.3. The second kappa shape index (κ2) is 2.59. The molecule has 1 N–H and O–H groups in total. The van der Waals surface area contributed by atoms with Crippen molar-refractivity contribution in [3.8, 4) is 0 Å². The fourth-order valence-corrected chi connectivity index (χ4v) is 4.27. The van der Waals surface area contributed by atoms with E-state index in [1.807, 2.05) is 12.2 Å². The van der Waals surface area contributed by atoms with Crippen molar-refractivity contribution in [2.75, 3.05) is 6.54 Å². The lowest BCUT2D eigenvalue weighted by Crippen LogP contribution is -2.51. The van der Waals surface area contributed by atoms with E-state index in [1.165, 1.54) is 0 Å². The molecule has 0 spiro atoms. The lowest BCUT2D eigenvalue weighted by Gasteiger charge is -2.40. The van der Waals surface area contributed by atoms with Gasteiger partial charge in [-0.15, -0.1) is 0 Å². The van der Waals surface area contributed by atoms with Crippen molar-refractivity contribution in [3.05, 3.63) is 24.3 Å². The number of carbonyl (C=O) groups excluding carboxylic acids is 1. The molecule has 2 bridgehead atoms. The molecule has 2 aliphatic carbocycles. The van der Waals surface area contributed by atoms with Gasteiger partial charge in [0.2, 0.25) is 5.91 Å². The van der Waals surface area contributed by atoms with E-state index in [4.69, 9.17) is 0 Å². The SMILES string of the molecule is O=C1[C@@H]2[C@@H]([C@@H]3C=C[C@H]2C3)[C@]2(O)CC=CCN12. The standard InChI is InChI=1S/C13H15NO2/c15-12-10-8-3-4-9(7-8)11(10)13(16)5-1-2-6-14(12)13/h1-4,8-11,16H,5-7H2/t8-,9+,10-,11+,13+/m0/s1. The molecule has 3 nitrogen and oxygen atoms in total. The average Bonchev–Trinajstić information content (AvgIpc) is 2.92. The largest absolute Gasteiger partial charge is 0.370 e. The molecule has 0 radical (unpaired) electrons. The van der Waals surface area contributed by atoms with Crippen LogP contribution >= 0.6 is 0 Å². The second-order valence-electron chi connectivity index (χ2n) is 5.50. The van der Waals surface area contributed by atoms with Crippen LogP contribution in [0.1, 0.15) is 12.8 Å². The first-order chi connectivity index (χ1) is 7.72. The maximum atomic E-state index is 12.3. The van der Waals surface area contributed by atoms with Crippen molar-refractivity contribution in [2.45, 2.75) is 18.6 Å². The fourth-order valence-electron chi connectivity index (χ4n) is 4.27. The van der Waals surface area contributed by atoms with Gasteiger partial charge in [-0.3, -0.25) is 4.79 Å². The van der Waals surface area contributed by atoms with Crippen LogP contribution in [0.15, 0.2) is 24.3 Å². The Balaban J connectivity index is 1.85. The van der Waals surface area contributed by atoms with Gasteiger partial charge >= 0.3 is 0 Å². The van der Waals surface area contributed by atoms with Crippen molar-refractivity contribution < 1.29 is 9.90 Å². The monoisotopic (exact) mass is 217 g/mol. The quantitative estimate of drug-likeness (QED) is 0.613. The highest BCUT2D eigenvalue weighted by Crippen LogP contribution is 2.58. The summed E-state index contributed by atoms with van der Waals surface area (Å²) in [5.74, 6) is 1.17.